The quantitative estimate of drug-likeness (QED) is 0.805. The Kier molecular flexibility index (Phi) is 3.05. The molecular formula is C19H19FN2O3. The van der Waals surface area contributed by atoms with Crippen molar-refractivity contribution in [2.24, 2.45) is 5.41 Å². The summed E-state index contributed by atoms with van der Waals surface area (Å²) in [7, 11) is 1.40. The largest absolute Gasteiger partial charge is 0.469 e. The fourth-order valence-electron chi connectivity index (χ4n) is 4.60. The molecule has 2 bridgehead atoms. The molecule has 0 radical (unpaired) electrons. The zero-order valence-electron chi connectivity index (χ0n) is 14.5. The summed E-state index contributed by atoms with van der Waals surface area (Å²) in [5.74, 6) is -0.689. The molecule has 0 aliphatic heterocycles. The summed E-state index contributed by atoms with van der Waals surface area (Å²) < 4.78 is 20.0. The highest BCUT2D eigenvalue weighted by Gasteiger charge is 2.73. The van der Waals surface area contributed by atoms with Crippen molar-refractivity contribution in [2.45, 2.75) is 38.5 Å². The van der Waals surface area contributed by atoms with Crippen LogP contribution in [0.2, 0.25) is 0 Å². The van der Waals surface area contributed by atoms with Crippen LogP contribution in [0.5, 0.6) is 0 Å². The number of hydrogen-bond acceptors (Lipinski definition) is 4. The number of carbonyl (C=O) groups excluding carboxylic acids is 1. The molecule has 2 heterocycles. The highest BCUT2D eigenvalue weighted by molar-refractivity contribution is 5.82. The summed E-state index contributed by atoms with van der Waals surface area (Å²) in [5, 5.41) is 0. The Hall–Kier alpha value is -2.50. The molecule has 6 heteroatoms. The van der Waals surface area contributed by atoms with Gasteiger partial charge in [-0.15, -0.1) is 0 Å². The van der Waals surface area contributed by atoms with Gasteiger partial charge in [0.1, 0.15) is 11.5 Å². The molecule has 130 valence electrons. The molecule has 3 saturated carbocycles. The number of allylic oxidation sites excluding steroid dienone is 1. The third-order valence-electron chi connectivity index (χ3n) is 5.73. The standard InChI is InChI=1S/C19H19FN2O3/c1-10(2)13-5-12(20)6-22-15(13)21-14(11(3)16(22)23)18-7-19(8-18,9-18)17(24)25-4/h5-6H,1,7-9H2,2-4H3. The van der Waals surface area contributed by atoms with Crippen LogP contribution in [0.15, 0.2) is 23.6 Å². The molecule has 2 aromatic heterocycles. The number of halogens is 1. The van der Waals surface area contributed by atoms with Crippen LogP contribution in [-0.2, 0) is 14.9 Å². The van der Waals surface area contributed by atoms with Gasteiger partial charge in [-0.05, 0) is 44.7 Å². The summed E-state index contributed by atoms with van der Waals surface area (Å²) in [6, 6.07) is 1.35. The Morgan fingerprint density at radius 1 is 1.40 bits per heavy atom. The Balaban J connectivity index is 1.88. The number of rotatable bonds is 3. The van der Waals surface area contributed by atoms with Gasteiger partial charge in [0.05, 0.1) is 18.2 Å². The SMILES string of the molecule is C=C(C)c1cc(F)cn2c(=O)c(C)c(C34CC(C(=O)OC)(C3)C4)nc12. The average Bonchev–Trinajstić information content (AvgIpc) is 2.49. The van der Waals surface area contributed by atoms with Crippen LogP contribution < -0.4 is 5.56 Å². The lowest BCUT2D eigenvalue weighted by molar-refractivity contribution is -0.198. The minimum atomic E-state index is -0.503. The average molecular weight is 342 g/mol. The molecule has 0 amide bonds. The van der Waals surface area contributed by atoms with Crippen molar-refractivity contribution in [1.82, 2.24) is 9.38 Å². The zero-order valence-corrected chi connectivity index (χ0v) is 14.5. The van der Waals surface area contributed by atoms with Crippen molar-refractivity contribution >= 4 is 17.2 Å². The van der Waals surface area contributed by atoms with Crippen LogP contribution in [0.1, 0.15) is 43.0 Å². The molecule has 25 heavy (non-hydrogen) atoms. The van der Waals surface area contributed by atoms with Gasteiger partial charge in [0.15, 0.2) is 0 Å². The van der Waals surface area contributed by atoms with Crippen molar-refractivity contribution in [3.63, 3.8) is 0 Å². The van der Waals surface area contributed by atoms with Gasteiger partial charge in [-0.1, -0.05) is 6.58 Å². The van der Waals surface area contributed by atoms with E-state index in [0.29, 0.717) is 41.6 Å². The fourth-order valence-corrected chi connectivity index (χ4v) is 4.60. The topological polar surface area (TPSA) is 60.7 Å². The first-order chi connectivity index (χ1) is 11.7. The molecule has 0 atom stereocenters. The predicted octanol–water partition coefficient (Wildman–Crippen LogP) is 2.77. The number of pyridine rings is 1. The monoisotopic (exact) mass is 342 g/mol. The maximum atomic E-state index is 13.9. The lowest BCUT2D eigenvalue weighted by Crippen LogP contribution is -2.68. The second kappa shape index (κ2) is 4.77. The van der Waals surface area contributed by atoms with Gasteiger partial charge in [0.2, 0.25) is 0 Å². The number of methoxy groups -OCH3 is 1. The first-order valence-electron chi connectivity index (χ1n) is 8.20. The smallest absolute Gasteiger partial charge is 0.311 e. The molecule has 3 fully saturated rings. The van der Waals surface area contributed by atoms with Gasteiger partial charge >= 0.3 is 5.97 Å². The van der Waals surface area contributed by atoms with Gasteiger partial charge in [-0.25, -0.2) is 9.37 Å². The molecular weight excluding hydrogens is 323 g/mol. The summed E-state index contributed by atoms with van der Waals surface area (Å²) in [5.41, 5.74) is 1.87. The van der Waals surface area contributed by atoms with Crippen LogP contribution in [0.25, 0.3) is 11.2 Å². The molecule has 0 saturated heterocycles. The molecule has 0 unspecified atom stereocenters. The molecule has 2 aromatic rings. The summed E-state index contributed by atoms with van der Waals surface area (Å²) in [4.78, 5) is 29.4. The third-order valence-corrected chi connectivity index (χ3v) is 5.73. The van der Waals surface area contributed by atoms with Gasteiger partial charge in [0, 0.05) is 22.7 Å². The van der Waals surface area contributed by atoms with E-state index in [-0.39, 0.29) is 16.9 Å². The van der Waals surface area contributed by atoms with Gasteiger partial charge < -0.3 is 4.74 Å². The first kappa shape index (κ1) is 16.0. The second-order valence-electron chi connectivity index (χ2n) is 7.52. The highest BCUT2D eigenvalue weighted by atomic mass is 19.1. The fraction of sp³-hybridized carbons (Fsp3) is 0.421. The van der Waals surface area contributed by atoms with Gasteiger partial charge in [-0.3, -0.25) is 14.0 Å². The Bertz CT molecular complexity index is 1000. The number of esters is 1. The zero-order chi connectivity index (χ0) is 18.1. The Morgan fingerprint density at radius 3 is 2.60 bits per heavy atom. The van der Waals surface area contributed by atoms with Crippen molar-refractivity contribution in [3.05, 3.63) is 51.8 Å². The molecule has 5 nitrogen and oxygen atoms in total. The Morgan fingerprint density at radius 2 is 2.04 bits per heavy atom. The van der Waals surface area contributed by atoms with E-state index in [4.69, 9.17) is 9.72 Å². The number of hydrogen-bond donors (Lipinski definition) is 0. The molecule has 0 N–H and O–H groups in total. The maximum absolute atomic E-state index is 13.9. The van der Waals surface area contributed by atoms with E-state index in [2.05, 4.69) is 6.58 Å². The predicted molar refractivity (Wildman–Crippen MR) is 90.8 cm³/mol. The highest BCUT2D eigenvalue weighted by Crippen LogP contribution is 2.73. The van der Waals surface area contributed by atoms with Crippen molar-refractivity contribution in [1.29, 1.82) is 0 Å². The van der Waals surface area contributed by atoms with Crippen LogP contribution in [0, 0.1) is 18.2 Å². The third kappa shape index (κ3) is 1.91. The minimum absolute atomic E-state index is 0.186. The molecule has 0 spiro atoms. The van der Waals surface area contributed by atoms with E-state index in [0.717, 1.165) is 11.9 Å². The van der Waals surface area contributed by atoms with E-state index in [1.165, 1.54) is 17.6 Å². The number of ether oxygens (including phenoxy) is 1. The van der Waals surface area contributed by atoms with Crippen molar-refractivity contribution < 1.29 is 13.9 Å². The number of carbonyl (C=O) groups is 1. The lowest BCUT2D eigenvalue weighted by Gasteiger charge is -2.68. The molecule has 3 aliphatic rings. The summed E-state index contributed by atoms with van der Waals surface area (Å²) in [6.45, 7) is 7.34. The van der Waals surface area contributed by atoms with Crippen molar-refractivity contribution in [3.8, 4) is 0 Å². The van der Waals surface area contributed by atoms with Crippen LogP contribution in [-0.4, -0.2) is 22.5 Å². The second-order valence-corrected chi connectivity index (χ2v) is 7.52. The van der Waals surface area contributed by atoms with Gasteiger partial charge in [-0.2, -0.15) is 0 Å². The normalized spacial score (nSPS) is 26.7. The number of aromatic nitrogens is 2. The Labute approximate surface area is 144 Å². The first-order valence-corrected chi connectivity index (χ1v) is 8.20. The van der Waals surface area contributed by atoms with E-state index < -0.39 is 11.2 Å². The molecule has 5 rings (SSSR count). The van der Waals surface area contributed by atoms with Crippen LogP contribution in [0.3, 0.4) is 0 Å². The summed E-state index contributed by atoms with van der Waals surface area (Å²) >= 11 is 0. The minimum Gasteiger partial charge on any atom is -0.469 e. The van der Waals surface area contributed by atoms with Crippen molar-refractivity contribution in [2.75, 3.05) is 7.11 Å². The number of fused-ring (bicyclic) bond motifs is 1. The summed E-state index contributed by atoms with van der Waals surface area (Å²) in [6.07, 6.45) is 3.12. The maximum Gasteiger partial charge on any atom is 0.311 e. The number of nitrogens with zero attached hydrogens (tertiary/aromatic N) is 2. The van der Waals surface area contributed by atoms with Crippen LogP contribution >= 0.6 is 0 Å². The molecule has 0 aromatic carbocycles. The van der Waals surface area contributed by atoms with E-state index in [9.17, 15) is 14.0 Å². The van der Waals surface area contributed by atoms with Crippen LogP contribution in [0.4, 0.5) is 4.39 Å². The molecule has 3 aliphatic carbocycles. The lowest BCUT2D eigenvalue weighted by atomic mass is 9.34. The van der Waals surface area contributed by atoms with E-state index >= 15 is 0 Å². The van der Waals surface area contributed by atoms with E-state index in [1.54, 1.807) is 13.8 Å². The van der Waals surface area contributed by atoms with Gasteiger partial charge in [0.25, 0.3) is 5.56 Å². The van der Waals surface area contributed by atoms with E-state index in [1.807, 2.05) is 0 Å².